The number of rotatable bonds is 13. The molecule has 0 radical (unpaired) electrons. The molecular weight excluding hydrogens is 492 g/mol. The maximum Gasteiger partial charge on any atom is 0.268 e. The van der Waals surface area contributed by atoms with Crippen LogP contribution in [0.3, 0.4) is 0 Å². The van der Waals surface area contributed by atoms with Crippen LogP contribution in [0.4, 0.5) is 0 Å². The smallest absolute Gasteiger partial charge is 0.268 e. The second kappa shape index (κ2) is 13.1. The highest BCUT2D eigenvalue weighted by molar-refractivity contribution is 5.98. The van der Waals surface area contributed by atoms with Crippen molar-refractivity contribution < 1.29 is 14.7 Å². The number of para-hydroxylation sites is 2. The lowest BCUT2D eigenvalue weighted by atomic mass is 10.0. The number of carbonyl (C=O) groups is 2. The van der Waals surface area contributed by atoms with Gasteiger partial charge in [0.25, 0.3) is 5.91 Å². The lowest BCUT2D eigenvalue weighted by Crippen LogP contribution is -2.50. The van der Waals surface area contributed by atoms with E-state index in [2.05, 4.69) is 29.1 Å². The van der Waals surface area contributed by atoms with Gasteiger partial charge in [0.05, 0.1) is 5.52 Å². The van der Waals surface area contributed by atoms with Crippen molar-refractivity contribution in [3.8, 4) is 5.75 Å². The summed E-state index contributed by atoms with van der Waals surface area (Å²) in [5.74, 6) is -0.826. The number of phenols is 1. The molecule has 0 aliphatic heterocycles. The number of nitrogens with one attached hydrogen (secondary N) is 3. The van der Waals surface area contributed by atoms with Crippen molar-refractivity contribution in [2.24, 2.45) is 0 Å². The minimum Gasteiger partial charge on any atom is -0.506 e. The van der Waals surface area contributed by atoms with Crippen molar-refractivity contribution in [3.05, 3.63) is 76.2 Å². The number of phenolic OH excluding ortho intramolecular Hbond substituents is 1. The highest BCUT2D eigenvalue weighted by atomic mass is 16.3. The molecule has 0 saturated heterocycles. The zero-order chi connectivity index (χ0) is 27.8. The molecule has 0 spiro atoms. The van der Waals surface area contributed by atoms with Crippen molar-refractivity contribution in [1.29, 1.82) is 0 Å². The average Bonchev–Trinajstić information content (AvgIpc) is 3.35. The Kier molecular flexibility index (Phi) is 9.41. The van der Waals surface area contributed by atoms with Crippen LogP contribution in [-0.4, -0.2) is 50.9 Å². The summed E-state index contributed by atoms with van der Waals surface area (Å²) in [5.41, 5.74) is 1.69. The SMILES string of the molecule is CCCCCN(CCCCC)C(=O)[C@@H](Cc1c[nH]c2ccccc12)NC(=O)c1cc(=O)c2cccc(O)c2[nH]1. The molecule has 0 fully saturated rings. The van der Waals surface area contributed by atoms with Crippen molar-refractivity contribution in [2.75, 3.05) is 13.1 Å². The van der Waals surface area contributed by atoms with Crippen LogP contribution in [0.1, 0.15) is 68.4 Å². The molecule has 2 aromatic heterocycles. The van der Waals surface area contributed by atoms with Crippen molar-refractivity contribution in [2.45, 2.75) is 64.8 Å². The van der Waals surface area contributed by atoms with Crippen LogP contribution < -0.4 is 10.7 Å². The van der Waals surface area contributed by atoms with Crippen LogP contribution in [0, 0.1) is 0 Å². The Morgan fingerprint density at radius 2 is 1.64 bits per heavy atom. The third-order valence-electron chi connectivity index (χ3n) is 7.16. The Morgan fingerprint density at radius 3 is 2.36 bits per heavy atom. The molecule has 0 saturated carbocycles. The number of carbonyl (C=O) groups excluding carboxylic acids is 2. The number of pyridine rings is 1. The van der Waals surface area contributed by atoms with Crippen LogP contribution in [0.2, 0.25) is 0 Å². The van der Waals surface area contributed by atoms with E-state index >= 15 is 0 Å². The summed E-state index contributed by atoms with van der Waals surface area (Å²) in [6.07, 6.45) is 8.14. The molecule has 8 nitrogen and oxygen atoms in total. The molecule has 2 aromatic carbocycles. The molecule has 2 amide bonds. The number of hydrogen-bond donors (Lipinski definition) is 4. The van der Waals surface area contributed by atoms with Crippen molar-refractivity contribution in [3.63, 3.8) is 0 Å². The van der Waals surface area contributed by atoms with Gasteiger partial charge >= 0.3 is 0 Å². The first kappa shape index (κ1) is 28.0. The van der Waals surface area contributed by atoms with Gasteiger partial charge in [-0.3, -0.25) is 14.4 Å². The van der Waals surface area contributed by atoms with Gasteiger partial charge in [-0.15, -0.1) is 0 Å². The average molecular weight is 531 g/mol. The van der Waals surface area contributed by atoms with Crippen LogP contribution in [0.5, 0.6) is 5.75 Å². The van der Waals surface area contributed by atoms with Gasteiger partial charge < -0.3 is 25.3 Å². The van der Waals surface area contributed by atoms with Crippen LogP contribution in [0.25, 0.3) is 21.8 Å². The summed E-state index contributed by atoms with van der Waals surface area (Å²) in [4.78, 5) is 48.1. The number of benzene rings is 2. The number of nitrogens with zero attached hydrogens (tertiary/aromatic N) is 1. The topological polar surface area (TPSA) is 118 Å². The number of amides is 2. The summed E-state index contributed by atoms with van der Waals surface area (Å²) in [5, 5.41) is 14.5. The molecule has 4 aromatic rings. The number of H-pyrrole nitrogens is 2. The highest BCUT2D eigenvalue weighted by Gasteiger charge is 2.28. The summed E-state index contributed by atoms with van der Waals surface area (Å²) >= 11 is 0. The quantitative estimate of drug-likeness (QED) is 0.176. The lowest BCUT2D eigenvalue weighted by molar-refractivity contribution is -0.133. The highest BCUT2D eigenvalue weighted by Crippen LogP contribution is 2.22. The number of unbranched alkanes of at least 4 members (excludes halogenated alkanes) is 4. The fourth-order valence-corrected chi connectivity index (χ4v) is 4.99. The van der Waals surface area contributed by atoms with E-state index in [-0.39, 0.29) is 33.7 Å². The van der Waals surface area contributed by atoms with Gasteiger partial charge in [0.1, 0.15) is 17.5 Å². The van der Waals surface area contributed by atoms with Gasteiger partial charge in [-0.1, -0.05) is 63.8 Å². The van der Waals surface area contributed by atoms with Gasteiger partial charge in [-0.2, -0.15) is 0 Å². The number of fused-ring (bicyclic) bond motifs is 2. The molecule has 8 heteroatoms. The molecule has 0 aliphatic rings. The maximum absolute atomic E-state index is 14.0. The van der Waals surface area contributed by atoms with Gasteiger partial charge in [-0.05, 0) is 36.6 Å². The van der Waals surface area contributed by atoms with E-state index in [4.69, 9.17) is 0 Å². The molecule has 4 rings (SSSR count). The Morgan fingerprint density at radius 1 is 0.949 bits per heavy atom. The molecular formula is C31H38N4O4. The summed E-state index contributed by atoms with van der Waals surface area (Å²) in [7, 11) is 0. The predicted octanol–water partition coefficient (Wildman–Crippen LogP) is 5.27. The molecule has 1 atom stereocenters. The Hall–Kier alpha value is -4.07. The largest absolute Gasteiger partial charge is 0.506 e. The van der Waals surface area contributed by atoms with Crippen LogP contribution in [0.15, 0.2) is 59.5 Å². The van der Waals surface area contributed by atoms with Crippen LogP contribution >= 0.6 is 0 Å². The Labute approximate surface area is 228 Å². The minimum absolute atomic E-state index is 0.00533. The molecule has 0 bridgehead atoms. The molecule has 0 unspecified atom stereocenters. The molecule has 2 heterocycles. The Bertz CT molecular complexity index is 1480. The first-order chi connectivity index (χ1) is 18.9. The summed E-state index contributed by atoms with van der Waals surface area (Å²) in [6.45, 7) is 5.53. The van der Waals surface area contributed by atoms with Crippen LogP contribution in [-0.2, 0) is 11.2 Å². The third kappa shape index (κ3) is 6.69. The maximum atomic E-state index is 14.0. The zero-order valence-corrected chi connectivity index (χ0v) is 22.8. The molecule has 0 aliphatic carbocycles. The van der Waals surface area contributed by atoms with E-state index in [1.807, 2.05) is 35.4 Å². The normalized spacial score (nSPS) is 12.1. The van der Waals surface area contributed by atoms with E-state index in [1.54, 1.807) is 12.1 Å². The summed E-state index contributed by atoms with van der Waals surface area (Å²) < 4.78 is 0. The third-order valence-corrected chi connectivity index (χ3v) is 7.16. The van der Waals surface area contributed by atoms with E-state index < -0.39 is 11.9 Å². The van der Waals surface area contributed by atoms with Gasteiger partial charge in [0, 0.05) is 48.1 Å². The van der Waals surface area contributed by atoms with E-state index in [0.717, 1.165) is 55.0 Å². The van der Waals surface area contributed by atoms with Gasteiger partial charge in [-0.25, -0.2) is 0 Å². The Balaban J connectivity index is 1.65. The van der Waals surface area contributed by atoms with E-state index in [9.17, 15) is 19.5 Å². The molecule has 4 N–H and O–H groups in total. The lowest BCUT2D eigenvalue weighted by Gasteiger charge is -2.28. The zero-order valence-electron chi connectivity index (χ0n) is 22.8. The fraction of sp³-hybridized carbons (Fsp3) is 0.387. The number of aromatic nitrogens is 2. The minimum atomic E-state index is -0.830. The fourth-order valence-electron chi connectivity index (χ4n) is 4.99. The van der Waals surface area contributed by atoms with Gasteiger partial charge in [0.15, 0.2) is 5.43 Å². The number of aromatic amines is 2. The molecule has 39 heavy (non-hydrogen) atoms. The van der Waals surface area contributed by atoms with Crippen molar-refractivity contribution >= 4 is 33.6 Å². The van der Waals surface area contributed by atoms with E-state index in [1.165, 1.54) is 12.1 Å². The number of hydrogen-bond acceptors (Lipinski definition) is 4. The second-order valence-corrected chi connectivity index (χ2v) is 10.1. The standard InChI is InChI=1S/C31H38N4O4/c1-3-5-9-16-35(17-10-6-4-2)31(39)26(18-21-20-32-24-14-8-7-12-22(21)24)34-30(38)25-19-28(37)23-13-11-15-27(36)29(23)33-25/h7-8,11-15,19-20,26,32,36H,3-6,9-10,16-18H2,1-2H3,(H,33,37)(H,34,38)/t26-/m1/s1. The first-order valence-electron chi connectivity index (χ1n) is 13.9. The second-order valence-electron chi connectivity index (χ2n) is 10.1. The predicted molar refractivity (Wildman–Crippen MR) is 155 cm³/mol. The number of aromatic hydroxyl groups is 1. The monoisotopic (exact) mass is 530 g/mol. The van der Waals surface area contributed by atoms with E-state index in [0.29, 0.717) is 19.5 Å². The summed E-state index contributed by atoms with van der Waals surface area (Å²) in [6, 6.07) is 12.9. The van der Waals surface area contributed by atoms with Gasteiger partial charge in [0.2, 0.25) is 5.91 Å². The molecule has 206 valence electrons. The first-order valence-corrected chi connectivity index (χ1v) is 13.9. The van der Waals surface area contributed by atoms with Crippen molar-refractivity contribution in [1.82, 2.24) is 20.2 Å².